The molecule has 5 aromatic rings. The second-order valence-corrected chi connectivity index (χ2v) is 10.3. The molecule has 5 rings (SSSR count). The molecule has 4 aromatic carbocycles. The zero-order valence-electron chi connectivity index (χ0n) is 20.8. The van der Waals surface area contributed by atoms with Gasteiger partial charge in [0.2, 0.25) is 0 Å². The Bertz CT molecular complexity index is 1620. The fourth-order valence-electron chi connectivity index (χ4n) is 4.58. The molecule has 0 aliphatic carbocycles. The average Bonchev–Trinajstić information content (AvgIpc) is 3.24. The molecule has 0 atom stereocenters. The molecule has 1 aromatic heterocycles. The van der Waals surface area contributed by atoms with Gasteiger partial charge < -0.3 is 10.1 Å². The molecule has 6 heteroatoms. The molecule has 0 saturated heterocycles. The fraction of sp³-hybridized carbons (Fsp3) is 0.129. The lowest BCUT2D eigenvalue weighted by atomic mass is 9.84. The molecule has 1 amide bonds. The molecule has 2 N–H and O–H groups in total. The predicted molar refractivity (Wildman–Crippen MR) is 151 cm³/mol. The van der Waals surface area contributed by atoms with Crippen LogP contribution in [0.25, 0.3) is 22.2 Å². The van der Waals surface area contributed by atoms with Gasteiger partial charge in [0, 0.05) is 20.9 Å². The first kappa shape index (κ1) is 24.8. The van der Waals surface area contributed by atoms with Crippen molar-refractivity contribution in [2.75, 3.05) is 0 Å². The second kappa shape index (κ2) is 9.88. The SMILES string of the molecule is Cc1cccc(-c2[nH]c3ccc(Br)cc3c2N=NC(=O)C(O)(c2cccc(C)c2)c2cccc(C)c2)c1. The van der Waals surface area contributed by atoms with Gasteiger partial charge in [-0.2, -0.15) is 0 Å². The number of H-pyrrole nitrogens is 1. The molecular formula is C31H26BrN3O2. The number of hydrogen-bond acceptors (Lipinski definition) is 3. The van der Waals surface area contributed by atoms with Crippen LogP contribution < -0.4 is 0 Å². The lowest BCUT2D eigenvalue weighted by Crippen LogP contribution is -2.36. The number of nitrogens with zero attached hydrogens (tertiary/aromatic N) is 2. The molecule has 0 radical (unpaired) electrons. The van der Waals surface area contributed by atoms with E-state index in [1.54, 1.807) is 24.3 Å². The molecule has 0 unspecified atom stereocenters. The van der Waals surface area contributed by atoms with E-state index in [2.05, 4.69) is 37.2 Å². The first-order valence-corrected chi connectivity index (χ1v) is 12.8. The molecule has 37 heavy (non-hydrogen) atoms. The highest BCUT2D eigenvalue weighted by molar-refractivity contribution is 9.10. The number of aromatic nitrogens is 1. The summed E-state index contributed by atoms with van der Waals surface area (Å²) in [5.41, 5.74) is 4.95. The third kappa shape index (κ3) is 4.78. The largest absolute Gasteiger partial charge is 0.372 e. The third-order valence-corrected chi connectivity index (χ3v) is 6.96. The Kier molecular flexibility index (Phi) is 6.63. The third-order valence-electron chi connectivity index (χ3n) is 6.46. The van der Waals surface area contributed by atoms with Crippen LogP contribution in [0.5, 0.6) is 0 Å². The minimum atomic E-state index is -1.99. The Balaban J connectivity index is 1.67. The first-order chi connectivity index (χ1) is 17.8. The minimum absolute atomic E-state index is 0.447. The monoisotopic (exact) mass is 551 g/mol. The molecule has 0 aliphatic heterocycles. The lowest BCUT2D eigenvalue weighted by molar-refractivity contribution is -0.133. The van der Waals surface area contributed by atoms with Gasteiger partial charge in [0.1, 0.15) is 5.69 Å². The highest BCUT2D eigenvalue weighted by Crippen LogP contribution is 2.40. The number of hydrogen-bond donors (Lipinski definition) is 2. The highest BCUT2D eigenvalue weighted by atomic mass is 79.9. The van der Waals surface area contributed by atoms with Crippen molar-refractivity contribution in [1.82, 2.24) is 4.98 Å². The Morgan fingerprint density at radius 3 is 2.00 bits per heavy atom. The van der Waals surface area contributed by atoms with Crippen LogP contribution in [-0.2, 0) is 10.4 Å². The number of fused-ring (bicyclic) bond motifs is 1. The van der Waals surface area contributed by atoms with Gasteiger partial charge >= 0.3 is 5.91 Å². The minimum Gasteiger partial charge on any atom is -0.372 e. The van der Waals surface area contributed by atoms with Crippen molar-refractivity contribution in [3.8, 4) is 11.3 Å². The summed E-state index contributed by atoms with van der Waals surface area (Å²) in [6, 6.07) is 28.5. The van der Waals surface area contributed by atoms with E-state index in [9.17, 15) is 9.90 Å². The van der Waals surface area contributed by atoms with Crippen molar-refractivity contribution in [3.05, 3.63) is 123 Å². The molecule has 0 saturated carbocycles. The van der Waals surface area contributed by atoms with Crippen molar-refractivity contribution >= 4 is 38.4 Å². The lowest BCUT2D eigenvalue weighted by Gasteiger charge is -2.26. The summed E-state index contributed by atoms with van der Waals surface area (Å²) in [5.74, 6) is -0.761. The predicted octanol–water partition coefficient (Wildman–Crippen LogP) is 8.07. The van der Waals surface area contributed by atoms with Gasteiger partial charge in [0.15, 0.2) is 5.60 Å². The summed E-state index contributed by atoms with van der Waals surface area (Å²) in [5, 5.41) is 21.4. The Hall–Kier alpha value is -3.87. The number of aryl methyl sites for hydroxylation is 3. The molecule has 184 valence electrons. The van der Waals surface area contributed by atoms with Crippen molar-refractivity contribution < 1.29 is 9.90 Å². The maximum absolute atomic E-state index is 13.8. The normalized spacial score (nSPS) is 11.9. The van der Waals surface area contributed by atoms with Gasteiger partial charge in [-0.3, -0.25) is 4.79 Å². The number of carbonyl (C=O) groups is 1. The average molecular weight is 552 g/mol. The number of halogens is 1. The summed E-state index contributed by atoms with van der Waals surface area (Å²) in [7, 11) is 0. The van der Waals surface area contributed by atoms with E-state index in [4.69, 9.17) is 0 Å². The van der Waals surface area contributed by atoms with Crippen LogP contribution >= 0.6 is 15.9 Å². The molecule has 0 aliphatic rings. The maximum atomic E-state index is 13.8. The van der Waals surface area contributed by atoms with Gasteiger partial charge in [-0.05, 0) is 56.2 Å². The van der Waals surface area contributed by atoms with E-state index >= 15 is 0 Å². The summed E-state index contributed by atoms with van der Waals surface area (Å²) in [6.07, 6.45) is 0. The highest BCUT2D eigenvalue weighted by Gasteiger charge is 2.40. The molecule has 0 bridgehead atoms. The summed E-state index contributed by atoms with van der Waals surface area (Å²) in [6.45, 7) is 5.87. The number of benzene rings is 4. The van der Waals surface area contributed by atoms with E-state index in [1.807, 2.05) is 81.4 Å². The topological polar surface area (TPSA) is 77.8 Å². The van der Waals surface area contributed by atoms with Gasteiger partial charge in [0.25, 0.3) is 0 Å². The van der Waals surface area contributed by atoms with E-state index < -0.39 is 11.5 Å². The maximum Gasteiger partial charge on any atom is 0.305 e. The van der Waals surface area contributed by atoms with Crippen LogP contribution in [0, 0.1) is 20.8 Å². The van der Waals surface area contributed by atoms with E-state index in [-0.39, 0.29) is 0 Å². The quantitative estimate of drug-likeness (QED) is 0.216. The fourth-order valence-corrected chi connectivity index (χ4v) is 4.95. The molecular weight excluding hydrogens is 526 g/mol. The smallest absolute Gasteiger partial charge is 0.305 e. The van der Waals surface area contributed by atoms with Gasteiger partial charge in [-0.15, -0.1) is 10.2 Å². The van der Waals surface area contributed by atoms with Crippen LogP contribution in [0.4, 0.5) is 5.69 Å². The van der Waals surface area contributed by atoms with E-state index in [0.717, 1.165) is 43.3 Å². The number of carbonyl (C=O) groups excluding carboxylic acids is 1. The number of aliphatic hydroxyl groups is 1. The first-order valence-electron chi connectivity index (χ1n) is 12.0. The van der Waals surface area contributed by atoms with Crippen LogP contribution in [-0.4, -0.2) is 16.0 Å². The molecule has 5 nitrogen and oxygen atoms in total. The molecule has 0 fully saturated rings. The van der Waals surface area contributed by atoms with Crippen LogP contribution in [0.3, 0.4) is 0 Å². The number of azo groups is 1. The van der Waals surface area contributed by atoms with Crippen molar-refractivity contribution in [2.45, 2.75) is 26.4 Å². The number of aromatic amines is 1. The van der Waals surface area contributed by atoms with Crippen LogP contribution in [0.2, 0.25) is 0 Å². The van der Waals surface area contributed by atoms with E-state index in [0.29, 0.717) is 16.8 Å². The number of amides is 1. The Morgan fingerprint density at radius 2 is 1.41 bits per heavy atom. The summed E-state index contributed by atoms with van der Waals surface area (Å²) in [4.78, 5) is 17.2. The van der Waals surface area contributed by atoms with Crippen molar-refractivity contribution in [1.29, 1.82) is 0 Å². The Morgan fingerprint density at radius 1 is 0.811 bits per heavy atom. The zero-order valence-corrected chi connectivity index (χ0v) is 22.4. The van der Waals surface area contributed by atoms with Crippen molar-refractivity contribution in [2.24, 2.45) is 10.2 Å². The van der Waals surface area contributed by atoms with Gasteiger partial charge in [-0.1, -0.05) is 99.4 Å². The van der Waals surface area contributed by atoms with Gasteiger partial charge in [0.05, 0.1) is 5.69 Å². The molecule has 1 heterocycles. The molecule has 0 spiro atoms. The van der Waals surface area contributed by atoms with E-state index in [1.165, 1.54) is 0 Å². The van der Waals surface area contributed by atoms with Gasteiger partial charge in [-0.25, -0.2) is 0 Å². The summed E-state index contributed by atoms with van der Waals surface area (Å²) < 4.78 is 0.883. The summed E-state index contributed by atoms with van der Waals surface area (Å²) >= 11 is 3.54. The Labute approximate surface area is 224 Å². The standard InChI is InChI=1S/C31H26BrN3O2/c1-19-7-4-10-22(15-19)28-29(26-18-25(32)13-14-27(26)33-28)34-35-30(36)31(37,23-11-5-8-20(2)16-23)24-12-6-9-21(3)17-24/h4-18,33,37H,1-3H3. The van der Waals surface area contributed by atoms with Crippen molar-refractivity contribution in [3.63, 3.8) is 0 Å². The number of nitrogens with one attached hydrogen (secondary N) is 1. The second-order valence-electron chi connectivity index (χ2n) is 9.36. The van der Waals surface area contributed by atoms with Crippen LogP contribution in [0.1, 0.15) is 27.8 Å². The van der Waals surface area contributed by atoms with Crippen LogP contribution in [0.15, 0.2) is 106 Å². The zero-order chi connectivity index (χ0) is 26.2. The number of rotatable bonds is 5.